The Morgan fingerprint density at radius 2 is 1.81 bits per heavy atom. The van der Waals surface area contributed by atoms with Crippen LogP contribution in [0.2, 0.25) is 0 Å². The van der Waals surface area contributed by atoms with E-state index in [-0.39, 0.29) is 31.8 Å². The van der Waals surface area contributed by atoms with Gasteiger partial charge in [0.1, 0.15) is 5.69 Å². The van der Waals surface area contributed by atoms with Crippen LogP contribution in [0, 0.1) is 0 Å². The van der Waals surface area contributed by atoms with Gasteiger partial charge in [0.2, 0.25) is 4.62 Å². The van der Waals surface area contributed by atoms with Gasteiger partial charge in [0.25, 0.3) is 0 Å². The van der Waals surface area contributed by atoms with Crippen LogP contribution in [0.3, 0.4) is 0 Å². The Morgan fingerprint density at radius 3 is 2.50 bits per heavy atom. The minimum absolute atomic E-state index is 0.124. The van der Waals surface area contributed by atoms with Crippen molar-refractivity contribution in [1.29, 1.82) is 0 Å². The average Bonchev–Trinajstić information content (AvgIpc) is 3.12. The van der Waals surface area contributed by atoms with Gasteiger partial charge in [-0.25, -0.2) is 0 Å². The number of halogens is 7. The van der Waals surface area contributed by atoms with Crippen molar-refractivity contribution in [2.75, 3.05) is 0 Å². The standard InChI is InChI=1S/C15H7BBr2F5N3/c17-12-3-1-9-14(8-5-6-24-11(7-8)15(19,20)21)10-2-4-13(18)26(10)16(22,23)25(9)12/h1-7H. The monoisotopic (exact) mass is 493 g/mol. The fraction of sp³-hybridized carbons (Fsp3) is 0.0667. The van der Waals surface area contributed by atoms with Crippen molar-refractivity contribution in [3.8, 4) is 0 Å². The first-order valence-corrected chi connectivity index (χ1v) is 8.88. The number of allylic oxidation sites excluding steroid dienone is 2. The van der Waals surface area contributed by atoms with Gasteiger partial charge in [0.15, 0.2) is 5.70 Å². The first-order chi connectivity index (χ1) is 12.1. The molecule has 0 spiro atoms. The van der Waals surface area contributed by atoms with Crippen LogP contribution in [0.25, 0.3) is 5.57 Å². The van der Waals surface area contributed by atoms with Gasteiger partial charge in [-0.05, 0) is 45.8 Å². The van der Waals surface area contributed by atoms with E-state index in [1.54, 1.807) is 0 Å². The molecule has 0 fully saturated rings. The van der Waals surface area contributed by atoms with E-state index in [1.807, 2.05) is 0 Å². The minimum atomic E-state index is -4.63. The zero-order valence-electron chi connectivity index (χ0n) is 12.6. The van der Waals surface area contributed by atoms with Crippen molar-refractivity contribution >= 4 is 49.0 Å². The van der Waals surface area contributed by atoms with Gasteiger partial charge in [0, 0.05) is 40.0 Å². The summed E-state index contributed by atoms with van der Waals surface area (Å²) in [5.41, 5.74) is -0.419. The lowest BCUT2D eigenvalue weighted by molar-refractivity contribution is -0.358. The Labute approximate surface area is 160 Å². The number of alkyl halides is 3. The molecule has 2 aromatic rings. The van der Waals surface area contributed by atoms with Crippen LogP contribution in [0.4, 0.5) is 21.8 Å². The lowest BCUT2D eigenvalue weighted by atomic mass is 9.86. The molecule has 0 amide bonds. The molecule has 0 radical (unpaired) electrons. The molecule has 0 N–H and O–H groups in total. The van der Waals surface area contributed by atoms with E-state index in [4.69, 9.17) is 0 Å². The highest BCUT2D eigenvalue weighted by atomic mass is 79.9. The highest BCUT2D eigenvalue weighted by molar-refractivity contribution is 9.18. The van der Waals surface area contributed by atoms with E-state index in [9.17, 15) is 13.2 Å². The Hall–Kier alpha value is -1.75. The summed E-state index contributed by atoms with van der Waals surface area (Å²) in [6.45, 7) is -4.22. The molecule has 0 atom stereocenters. The second-order valence-electron chi connectivity index (χ2n) is 5.71. The van der Waals surface area contributed by atoms with Crippen molar-refractivity contribution in [3.63, 3.8) is 0 Å². The normalized spacial score (nSPS) is 18.4. The van der Waals surface area contributed by atoms with Crippen LogP contribution in [0.15, 0.2) is 52.9 Å². The molecule has 2 aromatic heterocycles. The molecule has 0 aromatic carbocycles. The quantitative estimate of drug-likeness (QED) is 0.402. The molecular formula is C15H7BBr2F5N3. The molecule has 4 rings (SSSR count). The molecule has 2 aliphatic rings. The molecule has 0 saturated heterocycles. The summed E-state index contributed by atoms with van der Waals surface area (Å²) in [6, 6.07) is 5.13. The van der Waals surface area contributed by atoms with Gasteiger partial charge in [-0.2, -0.15) is 13.2 Å². The second kappa shape index (κ2) is 5.62. The number of rotatable bonds is 1. The third-order valence-corrected chi connectivity index (χ3v) is 5.50. The Kier molecular flexibility index (Phi) is 3.82. The van der Waals surface area contributed by atoms with E-state index in [0.717, 1.165) is 21.2 Å². The van der Waals surface area contributed by atoms with Crippen LogP contribution in [0.1, 0.15) is 17.0 Å². The SMILES string of the molecule is F[B-]1(F)n2c(Br)ccc2C(c2ccnc(C(F)(F)F)c2)=C2C=CC(Br)=[N+]21. The molecule has 0 unspecified atom stereocenters. The summed E-state index contributed by atoms with van der Waals surface area (Å²) in [6.07, 6.45) is -0.720. The van der Waals surface area contributed by atoms with Gasteiger partial charge < -0.3 is 17.6 Å². The third-order valence-electron chi connectivity index (χ3n) is 4.21. The maximum atomic E-state index is 15.1. The fourth-order valence-corrected chi connectivity index (χ4v) is 4.31. The summed E-state index contributed by atoms with van der Waals surface area (Å²) >= 11 is 6.21. The Morgan fingerprint density at radius 1 is 1.08 bits per heavy atom. The van der Waals surface area contributed by atoms with Crippen LogP contribution in [-0.2, 0) is 6.18 Å². The molecule has 4 heterocycles. The smallest absolute Gasteiger partial charge is 0.389 e. The van der Waals surface area contributed by atoms with Crippen molar-refractivity contribution in [2.24, 2.45) is 0 Å². The zero-order valence-corrected chi connectivity index (χ0v) is 15.8. The average molecular weight is 495 g/mol. The maximum Gasteiger partial charge on any atom is 0.738 e. The van der Waals surface area contributed by atoms with Gasteiger partial charge >= 0.3 is 13.1 Å². The molecule has 2 aliphatic heterocycles. The molecule has 134 valence electrons. The van der Waals surface area contributed by atoms with E-state index < -0.39 is 18.8 Å². The lowest BCUT2D eigenvalue weighted by Gasteiger charge is -2.32. The highest BCUT2D eigenvalue weighted by Crippen LogP contribution is 2.42. The molecule has 0 bridgehead atoms. The van der Waals surface area contributed by atoms with E-state index in [0.29, 0.717) is 0 Å². The Bertz CT molecular complexity index is 1040. The van der Waals surface area contributed by atoms with Gasteiger partial charge in [-0.15, -0.1) is 0 Å². The second-order valence-corrected chi connectivity index (χ2v) is 7.34. The number of nitrogens with zero attached hydrogens (tertiary/aromatic N) is 3. The largest absolute Gasteiger partial charge is 0.738 e. The number of aromatic nitrogens is 2. The molecular weight excluding hydrogens is 488 g/mol. The summed E-state index contributed by atoms with van der Waals surface area (Å²) in [5, 5.41) is 0. The van der Waals surface area contributed by atoms with Crippen molar-refractivity contribution in [2.45, 2.75) is 6.18 Å². The van der Waals surface area contributed by atoms with Crippen LogP contribution >= 0.6 is 31.9 Å². The topological polar surface area (TPSA) is 20.8 Å². The number of hydrogen-bond acceptors (Lipinski definition) is 1. The predicted molar refractivity (Wildman–Crippen MR) is 94.1 cm³/mol. The highest BCUT2D eigenvalue weighted by Gasteiger charge is 2.54. The minimum Gasteiger partial charge on any atom is -0.389 e. The lowest BCUT2D eigenvalue weighted by Crippen LogP contribution is -2.50. The molecule has 26 heavy (non-hydrogen) atoms. The van der Waals surface area contributed by atoms with E-state index >= 15 is 8.63 Å². The first-order valence-electron chi connectivity index (χ1n) is 7.29. The van der Waals surface area contributed by atoms with Crippen molar-refractivity contribution in [1.82, 2.24) is 9.46 Å². The van der Waals surface area contributed by atoms with Crippen molar-refractivity contribution < 1.29 is 26.3 Å². The van der Waals surface area contributed by atoms with E-state index in [1.165, 1.54) is 30.4 Å². The Balaban J connectivity index is 2.05. The number of hydrogen-bond donors (Lipinski definition) is 0. The molecule has 11 heteroatoms. The zero-order chi connectivity index (χ0) is 18.9. The van der Waals surface area contributed by atoms with E-state index in [2.05, 4.69) is 36.8 Å². The molecule has 0 aliphatic carbocycles. The molecule has 3 nitrogen and oxygen atoms in total. The summed E-state index contributed by atoms with van der Waals surface area (Å²) < 4.78 is 71.1. The third kappa shape index (κ3) is 2.44. The number of fused-ring (bicyclic) bond motifs is 2. The molecule has 0 saturated carbocycles. The van der Waals surface area contributed by atoms with Crippen LogP contribution < -0.4 is 0 Å². The van der Waals surface area contributed by atoms with Crippen molar-refractivity contribution in [3.05, 3.63) is 69.9 Å². The fourth-order valence-electron chi connectivity index (χ4n) is 3.17. The van der Waals surface area contributed by atoms with Crippen LogP contribution in [-0.4, -0.2) is 25.5 Å². The summed E-state index contributed by atoms with van der Waals surface area (Å²) in [7, 11) is 0. The summed E-state index contributed by atoms with van der Waals surface area (Å²) in [4.78, 5) is 3.34. The predicted octanol–water partition coefficient (Wildman–Crippen LogP) is 5.04. The number of pyridine rings is 1. The van der Waals surface area contributed by atoms with Crippen LogP contribution in [0.5, 0.6) is 0 Å². The van der Waals surface area contributed by atoms with Gasteiger partial charge in [-0.3, -0.25) is 4.98 Å². The summed E-state index contributed by atoms with van der Waals surface area (Å²) in [5.74, 6) is 0. The first kappa shape index (κ1) is 17.7. The van der Waals surface area contributed by atoms with Gasteiger partial charge in [0.05, 0.1) is 10.2 Å². The van der Waals surface area contributed by atoms with Gasteiger partial charge in [-0.1, -0.05) is 0 Å². The maximum absolute atomic E-state index is 15.1.